The van der Waals surface area contributed by atoms with Crippen molar-refractivity contribution in [1.29, 1.82) is 0 Å². The molecule has 1 aliphatic carbocycles. The van der Waals surface area contributed by atoms with Gasteiger partial charge >= 0.3 is 6.18 Å². The average molecular weight is 387 g/mol. The lowest BCUT2D eigenvalue weighted by molar-refractivity contribution is -0.136. The van der Waals surface area contributed by atoms with E-state index >= 15 is 0 Å². The monoisotopic (exact) mass is 386 g/mol. The number of halogens is 4. The molecule has 0 spiro atoms. The molecule has 6 nitrogen and oxygen atoms in total. The molecular formula is C16H14ClF3N4O2. The molecule has 0 radical (unpaired) electrons. The van der Waals surface area contributed by atoms with Gasteiger partial charge in [0.05, 0.1) is 12.1 Å². The molecule has 1 saturated heterocycles. The van der Waals surface area contributed by atoms with Crippen LogP contribution in [-0.4, -0.2) is 45.7 Å². The lowest BCUT2D eigenvalue weighted by Crippen LogP contribution is -2.50. The summed E-state index contributed by atoms with van der Waals surface area (Å²) in [6, 6.07) is 1.07. The topological polar surface area (TPSA) is 66.7 Å². The van der Waals surface area contributed by atoms with Crippen LogP contribution in [0.4, 0.5) is 13.2 Å². The van der Waals surface area contributed by atoms with Gasteiger partial charge in [0.25, 0.3) is 5.91 Å². The van der Waals surface area contributed by atoms with Crippen LogP contribution in [0.3, 0.4) is 0 Å². The van der Waals surface area contributed by atoms with Crippen LogP contribution in [0.25, 0.3) is 5.65 Å². The summed E-state index contributed by atoms with van der Waals surface area (Å²) in [6.45, 7) is 0.500. The Morgan fingerprint density at radius 1 is 1.35 bits per heavy atom. The highest BCUT2D eigenvalue weighted by Gasteiger charge is 2.38. The van der Waals surface area contributed by atoms with Crippen LogP contribution in [-0.2, 0) is 11.0 Å². The van der Waals surface area contributed by atoms with E-state index < -0.39 is 29.2 Å². The highest BCUT2D eigenvalue weighted by Crippen LogP contribution is 2.43. The van der Waals surface area contributed by atoms with Gasteiger partial charge in [0.2, 0.25) is 5.91 Å². The number of piperazine rings is 1. The molecule has 2 aromatic rings. The minimum atomic E-state index is -4.63. The summed E-state index contributed by atoms with van der Waals surface area (Å²) in [4.78, 5) is 29.3. The van der Waals surface area contributed by atoms with E-state index in [-0.39, 0.29) is 29.9 Å². The van der Waals surface area contributed by atoms with Crippen LogP contribution >= 0.6 is 11.6 Å². The van der Waals surface area contributed by atoms with E-state index in [0.29, 0.717) is 12.1 Å². The number of amides is 2. The number of fused-ring (bicyclic) bond motifs is 1. The number of nitrogens with zero attached hydrogens (tertiary/aromatic N) is 3. The van der Waals surface area contributed by atoms with E-state index in [9.17, 15) is 22.8 Å². The quantitative estimate of drug-likeness (QED) is 0.805. The van der Waals surface area contributed by atoms with Crippen LogP contribution in [0.15, 0.2) is 12.3 Å². The number of imidazole rings is 1. The smallest absolute Gasteiger partial charge is 0.307 e. The Morgan fingerprint density at radius 3 is 2.69 bits per heavy atom. The van der Waals surface area contributed by atoms with Crippen molar-refractivity contribution >= 4 is 29.1 Å². The minimum absolute atomic E-state index is 0.0175. The molecule has 1 saturated carbocycles. The van der Waals surface area contributed by atoms with Gasteiger partial charge in [-0.3, -0.25) is 18.9 Å². The Kier molecular flexibility index (Phi) is 3.96. The molecule has 2 aliphatic rings. The fourth-order valence-corrected chi connectivity index (χ4v) is 3.32. The molecule has 1 N–H and O–H groups in total. The lowest BCUT2D eigenvalue weighted by atomic mass is 10.1. The van der Waals surface area contributed by atoms with Crippen molar-refractivity contribution in [3.8, 4) is 0 Å². The Morgan fingerprint density at radius 2 is 2.08 bits per heavy atom. The zero-order chi connectivity index (χ0) is 18.6. The Labute approximate surface area is 150 Å². The molecule has 0 unspecified atom stereocenters. The second-order valence-electron chi connectivity index (χ2n) is 6.43. The molecular weight excluding hydrogens is 373 g/mol. The number of carbonyl (C=O) groups is 2. The summed E-state index contributed by atoms with van der Waals surface area (Å²) in [6.07, 6.45) is -1.51. The summed E-state index contributed by atoms with van der Waals surface area (Å²) >= 11 is 6.20. The van der Waals surface area contributed by atoms with E-state index in [1.165, 1.54) is 6.20 Å². The highest BCUT2D eigenvalue weighted by atomic mass is 35.5. The first-order valence-corrected chi connectivity index (χ1v) is 8.49. The van der Waals surface area contributed by atoms with E-state index in [1.807, 2.05) is 0 Å². The third kappa shape index (κ3) is 2.84. The Balaban J connectivity index is 1.85. The number of hydrogen-bond acceptors (Lipinski definition) is 4. The zero-order valence-corrected chi connectivity index (χ0v) is 14.2. The number of carbonyl (C=O) groups excluding carboxylic acids is 2. The van der Waals surface area contributed by atoms with Crippen molar-refractivity contribution in [3.63, 3.8) is 0 Å². The number of alkyl halides is 3. The maximum absolute atomic E-state index is 13.5. The van der Waals surface area contributed by atoms with E-state index in [2.05, 4.69) is 10.3 Å². The van der Waals surface area contributed by atoms with Gasteiger partial charge in [-0.1, -0.05) is 11.6 Å². The molecule has 1 aliphatic heterocycles. The number of hydrogen-bond donors (Lipinski definition) is 1. The molecule has 3 heterocycles. The minimum Gasteiger partial charge on any atom is -0.307 e. The molecule has 0 atom stereocenters. The molecule has 10 heteroatoms. The van der Waals surface area contributed by atoms with Gasteiger partial charge in [-0.2, -0.15) is 13.2 Å². The summed E-state index contributed by atoms with van der Waals surface area (Å²) in [5.74, 6) is -1.19. The molecule has 2 fully saturated rings. The Bertz CT molecular complexity index is 920. The summed E-state index contributed by atoms with van der Waals surface area (Å²) in [7, 11) is 0. The van der Waals surface area contributed by atoms with Crippen LogP contribution in [0.1, 0.15) is 40.4 Å². The largest absolute Gasteiger partial charge is 0.419 e. The predicted molar refractivity (Wildman–Crippen MR) is 86.1 cm³/mol. The van der Waals surface area contributed by atoms with Crippen molar-refractivity contribution in [1.82, 2.24) is 19.6 Å². The van der Waals surface area contributed by atoms with Crippen molar-refractivity contribution < 1.29 is 22.8 Å². The normalized spacial score (nSPS) is 18.6. The van der Waals surface area contributed by atoms with Gasteiger partial charge in [0.15, 0.2) is 11.3 Å². The van der Waals surface area contributed by atoms with E-state index in [4.69, 9.17) is 11.6 Å². The number of rotatable bonds is 2. The first-order valence-electron chi connectivity index (χ1n) is 8.11. The van der Waals surface area contributed by atoms with Crippen molar-refractivity contribution in [2.75, 3.05) is 19.6 Å². The summed E-state index contributed by atoms with van der Waals surface area (Å²) in [5, 5.41) is 2.60. The lowest BCUT2D eigenvalue weighted by Gasteiger charge is -2.24. The maximum atomic E-state index is 13.5. The van der Waals surface area contributed by atoms with Gasteiger partial charge in [0.1, 0.15) is 5.15 Å². The highest BCUT2D eigenvalue weighted by molar-refractivity contribution is 6.33. The molecule has 4 rings (SSSR count). The Hall–Kier alpha value is -2.13. The average Bonchev–Trinajstić information content (AvgIpc) is 3.38. The van der Waals surface area contributed by atoms with Crippen molar-refractivity contribution in [2.24, 2.45) is 0 Å². The zero-order valence-electron chi connectivity index (χ0n) is 13.4. The van der Waals surface area contributed by atoms with E-state index in [1.54, 1.807) is 0 Å². The molecule has 0 bridgehead atoms. The predicted octanol–water partition coefficient (Wildman–Crippen LogP) is 2.46. The second kappa shape index (κ2) is 5.95. The van der Waals surface area contributed by atoms with Gasteiger partial charge < -0.3 is 5.32 Å². The standard InChI is InChI=1S/C16H14ClF3N4O2/c17-13-12(15(26)23-4-3-21-6-11(23)25)22-14-10(16(18,19)20)5-9(7-24(13)14)8-1-2-8/h5,7-8,21H,1-4,6H2. The SMILES string of the molecule is O=C1CNCCN1C(=O)c1nc2c(C(F)(F)F)cc(C3CC3)cn2c1Cl. The first-order chi connectivity index (χ1) is 12.3. The molecule has 2 aromatic heterocycles. The summed E-state index contributed by atoms with van der Waals surface area (Å²) in [5.41, 5.74) is -1.20. The first kappa shape index (κ1) is 17.3. The van der Waals surface area contributed by atoms with Gasteiger partial charge in [0, 0.05) is 19.3 Å². The third-order valence-electron chi connectivity index (χ3n) is 4.57. The molecule has 26 heavy (non-hydrogen) atoms. The number of imide groups is 1. The van der Waals surface area contributed by atoms with Crippen LogP contribution in [0.2, 0.25) is 5.15 Å². The number of nitrogens with one attached hydrogen (secondary N) is 1. The second-order valence-corrected chi connectivity index (χ2v) is 6.79. The number of pyridine rings is 1. The summed E-state index contributed by atoms with van der Waals surface area (Å²) < 4.78 is 41.6. The fourth-order valence-electron chi connectivity index (χ4n) is 3.07. The maximum Gasteiger partial charge on any atom is 0.419 e. The van der Waals surface area contributed by atoms with Crippen molar-refractivity contribution in [3.05, 3.63) is 34.2 Å². The third-order valence-corrected chi connectivity index (χ3v) is 4.94. The molecule has 2 amide bonds. The van der Waals surface area contributed by atoms with E-state index in [0.717, 1.165) is 28.2 Å². The van der Waals surface area contributed by atoms with Crippen LogP contribution in [0.5, 0.6) is 0 Å². The van der Waals surface area contributed by atoms with Crippen LogP contribution < -0.4 is 5.32 Å². The van der Waals surface area contributed by atoms with Gasteiger partial charge in [-0.15, -0.1) is 0 Å². The number of aromatic nitrogens is 2. The van der Waals surface area contributed by atoms with Crippen LogP contribution in [0, 0.1) is 0 Å². The van der Waals surface area contributed by atoms with Crippen molar-refractivity contribution in [2.45, 2.75) is 24.9 Å². The van der Waals surface area contributed by atoms with Gasteiger partial charge in [-0.05, 0) is 30.4 Å². The van der Waals surface area contributed by atoms with Gasteiger partial charge in [-0.25, -0.2) is 4.98 Å². The molecule has 138 valence electrons. The molecule has 0 aromatic carbocycles. The fraction of sp³-hybridized carbons (Fsp3) is 0.438.